The van der Waals surface area contributed by atoms with E-state index in [1.54, 1.807) is 36.3 Å². The minimum atomic E-state index is -1.05. The first-order valence-electron chi connectivity index (χ1n) is 6.91. The summed E-state index contributed by atoms with van der Waals surface area (Å²) in [6, 6.07) is 6.65. The summed E-state index contributed by atoms with van der Waals surface area (Å²) in [5, 5.41) is 9.39. The molecule has 1 heterocycles. The molecule has 1 aliphatic heterocycles. The fraction of sp³-hybridized carbons (Fsp3) is 0.467. The van der Waals surface area contributed by atoms with Crippen LogP contribution in [-0.2, 0) is 14.3 Å². The highest BCUT2D eigenvalue weighted by atomic mass is 16.5. The molecular formula is C15H17NO5. The number of rotatable bonds is 4. The van der Waals surface area contributed by atoms with E-state index in [1.807, 2.05) is 0 Å². The van der Waals surface area contributed by atoms with Gasteiger partial charge in [-0.15, -0.1) is 0 Å². The summed E-state index contributed by atoms with van der Waals surface area (Å²) in [6.45, 7) is -0.167. The Kier molecular flexibility index (Phi) is 3.55. The third-order valence-electron chi connectivity index (χ3n) is 3.90. The van der Waals surface area contributed by atoms with Gasteiger partial charge in [0.15, 0.2) is 6.10 Å². The number of carboxylic acids is 1. The summed E-state index contributed by atoms with van der Waals surface area (Å²) in [4.78, 5) is 25.3. The van der Waals surface area contributed by atoms with Crippen molar-refractivity contribution in [2.75, 3.05) is 13.7 Å². The number of hydrogen-bond acceptors (Lipinski definition) is 4. The number of methoxy groups -OCH3 is 1. The van der Waals surface area contributed by atoms with Crippen LogP contribution in [0.4, 0.5) is 0 Å². The number of aliphatic carboxylic acids is 1. The largest absolute Gasteiger partial charge is 0.497 e. The van der Waals surface area contributed by atoms with E-state index in [9.17, 15) is 14.7 Å². The molecule has 1 aromatic rings. The number of ether oxygens (including phenoxy) is 2. The molecule has 1 aliphatic carbocycles. The highest BCUT2D eigenvalue weighted by Crippen LogP contribution is 2.39. The smallest absolute Gasteiger partial charge is 0.335 e. The third-order valence-corrected chi connectivity index (χ3v) is 3.90. The van der Waals surface area contributed by atoms with Crippen LogP contribution in [0.2, 0.25) is 0 Å². The van der Waals surface area contributed by atoms with Crippen molar-refractivity contribution in [3.8, 4) is 5.75 Å². The summed E-state index contributed by atoms with van der Waals surface area (Å²) in [5.74, 6) is -0.503. The van der Waals surface area contributed by atoms with E-state index in [1.165, 1.54) is 0 Å². The first-order chi connectivity index (χ1) is 10.1. The molecule has 1 aromatic carbocycles. The van der Waals surface area contributed by atoms with E-state index >= 15 is 0 Å². The number of amides is 1. The lowest BCUT2D eigenvalue weighted by atomic mass is 9.97. The molecule has 112 valence electrons. The Hall–Kier alpha value is -2.08. The van der Waals surface area contributed by atoms with Gasteiger partial charge in [0, 0.05) is 6.04 Å². The average Bonchev–Trinajstić information content (AvgIpc) is 3.31. The Balaban J connectivity index is 1.97. The number of carbonyl (C=O) groups is 2. The highest BCUT2D eigenvalue weighted by molar-refractivity contribution is 5.83. The second kappa shape index (κ2) is 5.37. The summed E-state index contributed by atoms with van der Waals surface area (Å²) in [6.07, 6.45) is 0.812. The monoisotopic (exact) mass is 291 g/mol. The Morgan fingerprint density at radius 1 is 1.33 bits per heavy atom. The van der Waals surface area contributed by atoms with Crippen molar-refractivity contribution in [3.05, 3.63) is 29.8 Å². The summed E-state index contributed by atoms with van der Waals surface area (Å²) in [7, 11) is 1.57. The molecule has 21 heavy (non-hydrogen) atoms. The van der Waals surface area contributed by atoms with E-state index in [0.717, 1.165) is 18.4 Å². The summed E-state index contributed by atoms with van der Waals surface area (Å²) < 4.78 is 10.4. The van der Waals surface area contributed by atoms with E-state index in [4.69, 9.17) is 9.47 Å². The highest BCUT2D eigenvalue weighted by Gasteiger charge is 2.47. The molecule has 3 rings (SSSR count). The zero-order valence-corrected chi connectivity index (χ0v) is 11.7. The first-order valence-corrected chi connectivity index (χ1v) is 6.91. The predicted molar refractivity (Wildman–Crippen MR) is 73.0 cm³/mol. The third kappa shape index (κ3) is 2.58. The van der Waals surface area contributed by atoms with E-state index < -0.39 is 18.1 Å². The average molecular weight is 291 g/mol. The van der Waals surface area contributed by atoms with E-state index in [-0.39, 0.29) is 18.6 Å². The lowest BCUT2D eigenvalue weighted by Gasteiger charge is -2.39. The van der Waals surface area contributed by atoms with Crippen molar-refractivity contribution in [1.82, 2.24) is 4.90 Å². The standard InChI is InChI=1S/C15H17NO5/c1-20-11-6-2-9(3-7-11)13-14(15(18)19)21-8-12(17)16(13)10-4-5-10/h2-3,6-7,10,13-14H,4-5,8H2,1H3,(H,18,19). The topological polar surface area (TPSA) is 76.1 Å². The van der Waals surface area contributed by atoms with Crippen LogP contribution >= 0.6 is 0 Å². The van der Waals surface area contributed by atoms with Gasteiger partial charge in [0.2, 0.25) is 5.91 Å². The Bertz CT molecular complexity index is 552. The number of nitrogens with zero attached hydrogens (tertiary/aromatic N) is 1. The number of carboxylic acid groups (broad SMARTS) is 1. The van der Waals surface area contributed by atoms with Gasteiger partial charge in [-0.3, -0.25) is 4.79 Å². The van der Waals surface area contributed by atoms with Gasteiger partial charge in [-0.05, 0) is 30.5 Å². The van der Waals surface area contributed by atoms with Crippen LogP contribution < -0.4 is 4.74 Å². The molecule has 1 saturated carbocycles. The van der Waals surface area contributed by atoms with Crippen molar-refractivity contribution >= 4 is 11.9 Å². The number of hydrogen-bond donors (Lipinski definition) is 1. The van der Waals surface area contributed by atoms with Gasteiger partial charge in [-0.25, -0.2) is 4.79 Å². The van der Waals surface area contributed by atoms with Crippen LogP contribution in [0.5, 0.6) is 5.75 Å². The molecule has 0 bridgehead atoms. The SMILES string of the molecule is COc1ccc(C2C(C(=O)O)OCC(=O)N2C2CC2)cc1. The molecule has 1 N–H and O–H groups in total. The van der Waals surface area contributed by atoms with Crippen molar-refractivity contribution in [2.24, 2.45) is 0 Å². The van der Waals surface area contributed by atoms with Gasteiger partial charge in [-0.2, -0.15) is 0 Å². The minimum absolute atomic E-state index is 0.135. The second-order valence-corrected chi connectivity index (χ2v) is 5.32. The number of carbonyl (C=O) groups excluding carboxylic acids is 1. The molecule has 2 atom stereocenters. The molecule has 0 aromatic heterocycles. The van der Waals surface area contributed by atoms with Gasteiger partial charge >= 0.3 is 5.97 Å². The van der Waals surface area contributed by atoms with Crippen molar-refractivity contribution in [1.29, 1.82) is 0 Å². The van der Waals surface area contributed by atoms with Gasteiger partial charge in [0.25, 0.3) is 0 Å². The van der Waals surface area contributed by atoms with Gasteiger partial charge in [0.05, 0.1) is 13.2 Å². The quantitative estimate of drug-likeness (QED) is 0.902. The first kappa shape index (κ1) is 13.9. The van der Waals surface area contributed by atoms with Crippen molar-refractivity contribution in [2.45, 2.75) is 31.0 Å². The Morgan fingerprint density at radius 2 is 2.00 bits per heavy atom. The molecule has 2 fully saturated rings. The fourth-order valence-electron chi connectivity index (χ4n) is 2.75. The summed E-state index contributed by atoms with van der Waals surface area (Å²) >= 11 is 0. The number of morpholine rings is 1. The van der Waals surface area contributed by atoms with Crippen molar-refractivity contribution < 1.29 is 24.2 Å². The lowest BCUT2D eigenvalue weighted by molar-refractivity contribution is -0.174. The van der Waals surface area contributed by atoms with Crippen LogP contribution in [0, 0.1) is 0 Å². The lowest BCUT2D eigenvalue weighted by Crippen LogP contribution is -2.52. The molecule has 1 amide bonds. The zero-order valence-electron chi connectivity index (χ0n) is 11.7. The van der Waals surface area contributed by atoms with Crippen LogP contribution in [0.25, 0.3) is 0 Å². The van der Waals surface area contributed by atoms with Gasteiger partial charge < -0.3 is 19.5 Å². The van der Waals surface area contributed by atoms with Crippen LogP contribution in [0.15, 0.2) is 24.3 Å². The second-order valence-electron chi connectivity index (χ2n) is 5.32. The normalized spacial score (nSPS) is 25.8. The molecule has 6 heteroatoms. The van der Waals surface area contributed by atoms with Crippen LogP contribution in [0.3, 0.4) is 0 Å². The van der Waals surface area contributed by atoms with Crippen molar-refractivity contribution in [3.63, 3.8) is 0 Å². The van der Waals surface area contributed by atoms with Gasteiger partial charge in [0.1, 0.15) is 12.4 Å². The molecule has 2 unspecified atom stereocenters. The van der Waals surface area contributed by atoms with Crippen LogP contribution in [-0.4, -0.2) is 47.7 Å². The summed E-state index contributed by atoms with van der Waals surface area (Å²) in [5.41, 5.74) is 0.753. The maximum Gasteiger partial charge on any atom is 0.335 e. The van der Waals surface area contributed by atoms with E-state index in [2.05, 4.69) is 0 Å². The number of benzene rings is 1. The Labute approximate surface area is 122 Å². The zero-order chi connectivity index (χ0) is 15.0. The molecular weight excluding hydrogens is 274 g/mol. The Morgan fingerprint density at radius 3 is 2.52 bits per heavy atom. The minimum Gasteiger partial charge on any atom is -0.497 e. The predicted octanol–water partition coefficient (Wildman–Crippen LogP) is 1.21. The molecule has 6 nitrogen and oxygen atoms in total. The van der Waals surface area contributed by atoms with Crippen LogP contribution in [0.1, 0.15) is 24.4 Å². The molecule has 0 spiro atoms. The maximum atomic E-state index is 12.1. The van der Waals surface area contributed by atoms with Gasteiger partial charge in [-0.1, -0.05) is 12.1 Å². The maximum absolute atomic E-state index is 12.1. The molecule has 2 aliphatic rings. The molecule has 0 radical (unpaired) electrons. The molecule has 1 saturated heterocycles. The van der Waals surface area contributed by atoms with E-state index in [0.29, 0.717) is 5.75 Å². The fourth-order valence-corrected chi connectivity index (χ4v) is 2.75.